The first-order valence-corrected chi connectivity index (χ1v) is 7.71. The molecule has 0 aliphatic rings. The number of rotatable bonds is 8. The first-order valence-electron chi connectivity index (χ1n) is 6.73. The Balaban J connectivity index is 2.11. The normalized spacial score (nSPS) is 10.7. The molecule has 0 bridgehead atoms. The first kappa shape index (κ1) is 14.4. The van der Waals surface area contributed by atoms with Crippen LogP contribution < -0.4 is 5.73 Å². The number of unbranched alkanes of at least 4 members (excludes halogenated alkanes) is 5. The summed E-state index contributed by atoms with van der Waals surface area (Å²) >= 11 is 1.95. The molecule has 17 heavy (non-hydrogen) atoms. The zero-order valence-corrected chi connectivity index (χ0v) is 12.0. The van der Waals surface area contributed by atoms with E-state index in [0.29, 0.717) is 0 Å². The maximum Gasteiger partial charge on any atom is 0.0344 e. The minimum Gasteiger partial charge on any atom is -0.399 e. The van der Waals surface area contributed by atoms with Gasteiger partial charge < -0.3 is 5.73 Å². The molecule has 0 aliphatic heterocycles. The van der Waals surface area contributed by atoms with Crippen LogP contribution >= 0.6 is 11.8 Å². The van der Waals surface area contributed by atoms with Crippen LogP contribution in [0.3, 0.4) is 0 Å². The molecule has 1 rings (SSSR count). The van der Waals surface area contributed by atoms with Gasteiger partial charge in [0, 0.05) is 10.6 Å². The number of nitrogen functional groups attached to an aromatic ring is 1. The van der Waals surface area contributed by atoms with E-state index in [0.717, 1.165) is 5.69 Å². The number of thioether (sulfide) groups is 1. The van der Waals surface area contributed by atoms with Gasteiger partial charge in [0.05, 0.1) is 0 Å². The van der Waals surface area contributed by atoms with E-state index in [4.69, 9.17) is 5.73 Å². The van der Waals surface area contributed by atoms with Crippen molar-refractivity contribution in [3.63, 3.8) is 0 Å². The van der Waals surface area contributed by atoms with E-state index < -0.39 is 0 Å². The van der Waals surface area contributed by atoms with Crippen molar-refractivity contribution in [3.8, 4) is 0 Å². The highest BCUT2D eigenvalue weighted by Crippen LogP contribution is 2.23. The second kappa shape index (κ2) is 8.46. The van der Waals surface area contributed by atoms with Crippen molar-refractivity contribution < 1.29 is 0 Å². The Morgan fingerprint density at radius 3 is 2.47 bits per heavy atom. The van der Waals surface area contributed by atoms with E-state index in [1.165, 1.54) is 54.7 Å². The fourth-order valence-electron chi connectivity index (χ4n) is 1.81. The van der Waals surface area contributed by atoms with Crippen LogP contribution in [0.25, 0.3) is 0 Å². The van der Waals surface area contributed by atoms with E-state index in [9.17, 15) is 0 Å². The summed E-state index contributed by atoms with van der Waals surface area (Å²) in [7, 11) is 0. The molecular formula is C15H25NS. The predicted molar refractivity (Wildman–Crippen MR) is 79.7 cm³/mol. The lowest BCUT2D eigenvalue weighted by Crippen LogP contribution is -1.89. The maximum absolute atomic E-state index is 5.80. The fraction of sp³-hybridized carbons (Fsp3) is 0.600. The van der Waals surface area contributed by atoms with Crippen LogP contribution in [0.4, 0.5) is 5.69 Å². The summed E-state index contributed by atoms with van der Waals surface area (Å²) < 4.78 is 0. The number of nitrogens with two attached hydrogens (primary N) is 1. The van der Waals surface area contributed by atoms with E-state index >= 15 is 0 Å². The van der Waals surface area contributed by atoms with Crippen molar-refractivity contribution in [2.24, 2.45) is 0 Å². The third-order valence-electron chi connectivity index (χ3n) is 3.01. The van der Waals surface area contributed by atoms with Gasteiger partial charge in [-0.1, -0.05) is 39.0 Å². The Labute approximate surface area is 110 Å². The van der Waals surface area contributed by atoms with Crippen LogP contribution in [0, 0.1) is 6.92 Å². The molecule has 0 aromatic heterocycles. The summed E-state index contributed by atoms with van der Waals surface area (Å²) in [6.07, 6.45) is 8.24. The van der Waals surface area contributed by atoms with E-state index in [1.807, 2.05) is 17.8 Å². The van der Waals surface area contributed by atoms with Crippen molar-refractivity contribution in [2.45, 2.75) is 57.3 Å². The number of hydrogen-bond donors (Lipinski definition) is 1. The minimum absolute atomic E-state index is 0.897. The van der Waals surface area contributed by atoms with Gasteiger partial charge in [0.1, 0.15) is 0 Å². The average Bonchev–Trinajstić information content (AvgIpc) is 2.32. The summed E-state index contributed by atoms with van der Waals surface area (Å²) in [6, 6.07) is 6.33. The molecule has 0 heterocycles. The van der Waals surface area contributed by atoms with Gasteiger partial charge in [-0.15, -0.1) is 11.8 Å². The zero-order chi connectivity index (χ0) is 12.5. The van der Waals surface area contributed by atoms with Gasteiger partial charge in [-0.3, -0.25) is 0 Å². The second-order valence-corrected chi connectivity index (χ2v) is 5.80. The quantitative estimate of drug-likeness (QED) is 0.398. The number of anilines is 1. The molecule has 0 amide bonds. The number of aryl methyl sites for hydroxylation is 1. The molecule has 0 aliphatic carbocycles. The molecule has 2 N–H and O–H groups in total. The molecular weight excluding hydrogens is 226 g/mol. The van der Waals surface area contributed by atoms with Gasteiger partial charge in [-0.25, -0.2) is 0 Å². The highest BCUT2D eigenvalue weighted by molar-refractivity contribution is 7.99. The topological polar surface area (TPSA) is 26.0 Å². The van der Waals surface area contributed by atoms with E-state index in [2.05, 4.69) is 26.0 Å². The van der Waals surface area contributed by atoms with Crippen molar-refractivity contribution >= 4 is 17.4 Å². The zero-order valence-electron chi connectivity index (χ0n) is 11.2. The molecule has 0 saturated carbocycles. The van der Waals surface area contributed by atoms with Gasteiger partial charge in [0.15, 0.2) is 0 Å². The predicted octanol–water partition coefficient (Wildman–Crippen LogP) is 5.03. The molecule has 2 heteroatoms. The highest BCUT2D eigenvalue weighted by Gasteiger charge is 1.97. The lowest BCUT2D eigenvalue weighted by molar-refractivity contribution is 0.627. The largest absolute Gasteiger partial charge is 0.399 e. The minimum atomic E-state index is 0.897. The third kappa shape index (κ3) is 6.02. The monoisotopic (exact) mass is 251 g/mol. The lowest BCUT2D eigenvalue weighted by atomic mass is 10.1. The van der Waals surface area contributed by atoms with Crippen LogP contribution in [0.15, 0.2) is 23.1 Å². The fourth-order valence-corrected chi connectivity index (χ4v) is 2.82. The number of benzene rings is 1. The van der Waals surface area contributed by atoms with Crippen molar-refractivity contribution in [1.29, 1.82) is 0 Å². The third-order valence-corrected chi connectivity index (χ3v) is 4.09. The Kier molecular flexibility index (Phi) is 7.18. The lowest BCUT2D eigenvalue weighted by Gasteiger charge is -2.05. The Morgan fingerprint density at radius 2 is 1.76 bits per heavy atom. The van der Waals surface area contributed by atoms with Crippen LogP contribution in [0.5, 0.6) is 0 Å². The van der Waals surface area contributed by atoms with Gasteiger partial charge in [-0.05, 0) is 42.9 Å². The Bertz CT molecular complexity index is 323. The van der Waals surface area contributed by atoms with Crippen LogP contribution in [0.2, 0.25) is 0 Å². The van der Waals surface area contributed by atoms with Gasteiger partial charge in [0.25, 0.3) is 0 Å². The van der Waals surface area contributed by atoms with Gasteiger partial charge in [0.2, 0.25) is 0 Å². The molecule has 0 unspecified atom stereocenters. The second-order valence-electron chi connectivity index (χ2n) is 4.63. The van der Waals surface area contributed by atoms with E-state index in [1.54, 1.807) is 0 Å². The first-order chi connectivity index (χ1) is 8.24. The van der Waals surface area contributed by atoms with Crippen molar-refractivity contribution in [1.82, 2.24) is 0 Å². The van der Waals surface area contributed by atoms with E-state index in [-0.39, 0.29) is 0 Å². The molecule has 96 valence electrons. The molecule has 1 nitrogen and oxygen atoms in total. The molecule has 0 spiro atoms. The van der Waals surface area contributed by atoms with Crippen molar-refractivity contribution in [3.05, 3.63) is 23.8 Å². The SMILES string of the molecule is CCCCCCCCSc1ccc(N)c(C)c1. The van der Waals surface area contributed by atoms with Crippen LogP contribution in [-0.4, -0.2) is 5.75 Å². The standard InChI is InChI=1S/C15H25NS/c1-3-4-5-6-7-8-11-17-14-9-10-15(16)13(2)12-14/h9-10,12H,3-8,11,16H2,1-2H3. The highest BCUT2D eigenvalue weighted by atomic mass is 32.2. The molecule has 1 aromatic carbocycles. The molecule has 0 atom stereocenters. The molecule has 0 radical (unpaired) electrons. The number of hydrogen-bond acceptors (Lipinski definition) is 2. The maximum atomic E-state index is 5.80. The van der Waals surface area contributed by atoms with Crippen molar-refractivity contribution in [2.75, 3.05) is 11.5 Å². The molecule has 0 fully saturated rings. The summed E-state index contributed by atoms with van der Waals surface area (Å²) in [4.78, 5) is 1.35. The summed E-state index contributed by atoms with van der Waals surface area (Å²) in [6.45, 7) is 4.34. The van der Waals surface area contributed by atoms with Gasteiger partial charge >= 0.3 is 0 Å². The summed E-state index contributed by atoms with van der Waals surface area (Å²) in [5.41, 5.74) is 7.89. The Morgan fingerprint density at radius 1 is 1.06 bits per heavy atom. The van der Waals surface area contributed by atoms with Crippen LogP contribution in [-0.2, 0) is 0 Å². The molecule has 0 saturated heterocycles. The average molecular weight is 251 g/mol. The van der Waals surface area contributed by atoms with Crippen LogP contribution in [0.1, 0.15) is 51.0 Å². The summed E-state index contributed by atoms with van der Waals surface area (Å²) in [5, 5.41) is 0. The Hall–Kier alpha value is -0.630. The summed E-state index contributed by atoms with van der Waals surface area (Å²) in [5.74, 6) is 1.23. The molecule has 1 aromatic rings. The van der Waals surface area contributed by atoms with Gasteiger partial charge in [-0.2, -0.15) is 0 Å². The smallest absolute Gasteiger partial charge is 0.0344 e.